The molecule has 0 bridgehead atoms. The first-order valence-corrected chi connectivity index (χ1v) is 6.29. The van der Waals surface area contributed by atoms with Gasteiger partial charge in [0.05, 0.1) is 0 Å². The summed E-state index contributed by atoms with van der Waals surface area (Å²) in [5.41, 5.74) is 7.60. The Kier molecular flexibility index (Phi) is 5.50. The van der Waals surface area contributed by atoms with Gasteiger partial charge in [-0.2, -0.15) is 0 Å². The highest BCUT2D eigenvalue weighted by Gasteiger charge is 2.22. The van der Waals surface area contributed by atoms with Crippen LogP contribution in [0.1, 0.15) is 38.8 Å². The van der Waals surface area contributed by atoms with Crippen LogP contribution in [-0.4, -0.2) is 24.0 Å². The van der Waals surface area contributed by atoms with E-state index in [9.17, 15) is 0 Å². The van der Waals surface area contributed by atoms with Crippen LogP contribution in [0.25, 0.3) is 0 Å². The second kappa shape index (κ2) is 6.66. The molecule has 1 rings (SSSR count). The summed E-state index contributed by atoms with van der Waals surface area (Å²) in [6.07, 6.45) is 1.09. The van der Waals surface area contributed by atoms with Crippen LogP contribution in [0.4, 0.5) is 0 Å². The molecule has 0 heterocycles. The van der Waals surface area contributed by atoms with Gasteiger partial charge in [-0.3, -0.25) is 4.90 Å². The van der Waals surface area contributed by atoms with Gasteiger partial charge in [0.15, 0.2) is 0 Å². The minimum Gasteiger partial charge on any atom is -0.323 e. The van der Waals surface area contributed by atoms with Gasteiger partial charge >= 0.3 is 0 Å². The standard InChI is InChI=1S/C14H24N2/c1-4-13(16(5-2)6-3)14(15)12-10-8-7-9-11-12/h7-11,13-14H,4-6,15H2,1-3H3. The molecule has 0 fully saturated rings. The molecular formula is C14H24N2. The molecule has 2 unspecified atom stereocenters. The molecule has 0 aliphatic heterocycles. The lowest BCUT2D eigenvalue weighted by molar-refractivity contribution is 0.183. The summed E-state index contributed by atoms with van der Waals surface area (Å²) in [5, 5.41) is 0. The van der Waals surface area contributed by atoms with Gasteiger partial charge in [-0.25, -0.2) is 0 Å². The molecule has 0 aromatic heterocycles. The van der Waals surface area contributed by atoms with Crippen molar-refractivity contribution in [1.82, 2.24) is 4.90 Å². The van der Waals surface area contributed by atoms with Crippen molar-refractivity contribution in [3.63, 3.8) is 0 Å². The zero-order valence-corrected chi connectivity index (χ0v) is 10.7. The predicted octanol–water partition coefficient (Wildman–Crippen LogP) is 2.81. The Labute approximate surface area is 99.5 Å². The van der Waals surface area contributed by atoms with E-state index in [0.29, 0.717) is 6.04 Å². The van der Waals surface area contributed by atoms with Crippen LogP contribution in [0.2, 0.25) is 0 Å². The first-order valence-electron chi connectivity index (χ1n) is 6.29. The number of rotatable bonds is 6. The van der Waals surface area contributed by atoms with Crippen LogP contribution < -0.4 is 5.73 Å². The van der Waals surface area contributed by atoms with Gasteiger partial charge in [0, 0.05) is 12.1 Å². The maximum atomic E-state index is 6.36. The maximum absolute atomic E-state index is 6.36. The lowest BCUT2D eigenvalue weighted by Crippen LogP contribution is -2.42. The molecule has 0 radical (unpaired) electrons. The molecule has 2 nitrogen and oxygen atoms in total. The number of hydrogen-bond acceptors (Lipinski definition) is 2. The smallest absolute Gasteiger partial charge is 0.0452 e. The normalized spacial score (nSPS) is 15.1. The molecule has 0 saturated heterocycles. The van der Waals surface area contributed by atoms with E-state index < -0.39 is 0 Å². The quantitative estimate of drug-likeness (QED) is 0.798. The molecule has 0 spiro atoms. The highest BCUT2D eigenvalue weighted by atomic mass is 15.2. The predicted molar refractivity (Wildman–Crippen MR) is 70.4 cm³/mol. The molecule has 2 N–H and O–H groups in total. The van der Waals surface area contributed by atoms with E-state index in [1.165, 1.54) is 5.56 Å². The summed E-state index contributed by atoms with van der Waals surface area (Å²) in [7, 11) is 0. The number of nitrogens with two attached hydrogens (primary N) is 1. The van der Waals surface area contributed by atoms with E-state index in [-0.39, 0.29) is 6.04 Å². The van der Waals surface area contributed by atoms with Gasteiger partial charge in [0.1, 0.15) is 0 Å². The fourth-order valence-corrected chi connectivity index (χ4v) is 2.33. The summed E-state index contributed by atoms with van der Waals surface area (Å²) in [6.45, 7) is 8.74. The molecule has 1 aromatic carbocycles. The van der Waals surface area contributed by atoms with Crippen molar-refractivity contribution in [3.8, 4) is 0 Å². The van der Waals surface area contributed by atoms with E-state index in [0.717, 1.165) is 19.5 Å². The van der Waals surface area contributed by atoms with Crippen LogP contribution in [0.5, 0.6) is 0 Å². The Hall–Kier alpha value is -0.860. The van der Waals surface area contributed by atoms with Crippen molar-refractivity contribution in [3.05, 3.63) is 35.9 Å². The molecule has 0 aliphatic carbocycles. The Balaban J connectivity index is 2.80. The highest BCUT2D eigenvalue weighted by molar-refractivity contribution is 5.20. The van der Waals surface area contributed by atoms with Gasteiger partial charge in [-0.05, 0) is 25.1 Å². The van der Waals surface area contributed by atoms with Crippen LogP contribution in [0.15, 0.2) is 30.3 Å². The largest absolute Gasteiger partial charge is 0.323 e. The van der Waals surface area contributed by atoms with E-state index in [2.05, 4.69) is 49.9 Å². The third kappa shape index (κ3) is 3.06. The first-order chi connectivity index (χ1) is 7.74. The van der Waals surface area contributed by atoms with Gasteiger partial charge in [-0.15, -0.1) is 0 Å². The number of benzene rings is 1. The fraction of sp³-hybridized carbons (Fsp3) is 0.571. The third-order valence-electron chi connectivity index (χ3n) is 3.30. The zero-order chi connectivity index (χ0) is 12.0. The summed E-state index contributed by atoms with van der Waals surface area (Å²) in [4.78, 5) is 2.44. The molecular weight excluding hydrogens is 196 g/mol. The Morgan fingerprint density at radius 2 is 1.62 bits per heavy atom. The lowest BCUT2D eigenvalue weighted by atomic mass is 9.97. The van der Waals surface area contributed by atoms with Crippen LogP contribution in [-0.2, 0) is 0 Å². The second-order valence-corrected chi connectivity index (χ2v) is 4.13. The molecule has 1 aromatic rings. The molecule has 0 amide bonds. The van der Waals surface area contributed by atoms with Crippen molar-refractivity contribution in [2.24, 2.45) is 5.73 Å². The molecule has 2 atom stereocenters. The van der Waals surface area contributed by atoms with Gasteiger partial charge in [0.25, 0.3) is 0 Å². The van der Waals surface area contributed by atoms with Gasteiger partial charge in [0.2, 0.25) is 0 Å². The summed E-state index contributed by atoms with van der Waals surface area (Å²) in [6, 6.07) is 11.0. The Bertz CT molecular complexity index is 280. The molecule has 16 heavy (non-hydrogen) atoms. The SMILES string of the molecule is CCC(C(N)c1ccccc1)N(CC)CC. The molecule has 2 heteroatoms. The monoisotopic (exact) mass is 220 g/mol. The second-order valence-electron chi connectivity index (χ2n) is 4.13. The van der Waals surface area contributed by atoms with Crippen molar-refractivity contribution in [2.75, 3.05) is 13.1 Å². The fourth-order valence-electron chi connectivity index (χ4n) is 2.33. The van der Waals surface area contributed by atoms with Crippen LogP contribution in [0, 0.1) is 0 Å². The van der Waals surface area contributed by atoms with Gasteiger partial charge < -0.3 is 5.73 Å². The molecule has 0 saturated carbocycles. The number of nitrogens with zero attached hydrogens (tertiary/aromatic N) is 1. The Morgan fingerprint density at radius 1 is 1.06 bits per heavy atom. The average Bonchev–Trinajstić information content (AvgIpc) is 2.36. The van der Waals surface area contributed by atoms with Crippen molar-refractivity contribution in [1.29, 1.82) is 0 Å². The minimum atomic E-state index is 0.117. The number of hydrogen-bond donors (Lipinski definition) is 1. The lowest BCUT2D eigenvalue weighted by Gasteiger charge is -2.33. The van der Waals surface area contributed by atoms with Crippen molar-refractivity contribution >= 4 is 0 Å². The molecule has 0 aliphatic rings. The van der Waals surface area contributed by atoms with E-state index in [4.69, 9.17) is 5.73 Å². The van der Waals surface area contributed by atoms with E-state index >= 15 is 0 Å². The third-order valence-corrected chi connectivity index (χ3v) is 3.30. The topological polar surface area (TPSA) is 29.3 Å². The Morgan fingerprint density at radius 3 is 2.06 bits per heavy atom. The number of likely N-dealkylation sites (N-methyl/N-ethyl adjacent to an activating group) is 1. The van der Waals surface area contributed by atoms with Crippen LogP contribution >= 0.6 is 0 Å². The van der Waals surface area contributed by atoms with Crippen molar-refractivity contribution < 1.29 is 0 Å². The summed E-state index contributed by atoms with van der Waals surface area (Å²) in [5.74, 6) is 0. The first kappa shape index (κ1) is 13.2. The highest BCUT2D eigenvalue weighted by Crippen LogP contribution is 2.20. The van der Waals surface area contributed by atoms with Crippen molar-refractivity contribution in [2.45, 2.75) is 39.3 Å². The molecule has 90 valence electrons. The zero-order valence-electron chi connectivity index (χ0n) is 10.7. The summed E-state index contributed by atoms with van der Waals surface area (Å²) >= 11 is 0. The summed E-state index contributed by atoms with van der Waals surface area (Å²) < 4.78 is 0. The van der Waals surface area contributed by atoms with Crippen LogP contribution in [0.3, 0.4) is 0 Å². The van der Waals surface area contributed by atoms with E-state index in [1.54, 1.807) is 0 Å². The maximum Gasteiger partial charge on any atom is 0.0452 e. The average molecular weight is 220 g/mol. The minimum absolute atomic E-state index is 0.117. The van der Waals surface area contributed by atoms with Gasteiger partial charge in [-0.1, -0.05) is 51.1 Å². The van der Waals surface area contributed by atoms with E-state index in [1.807, 2.05) is 6.07 Å².